The lowest BCUT2D eigenvalue weighted by Crippen LogP contribution is -2.13. The normalized spacial score (nSPS) is 11.6. The number of hydrogen-bond acceptors (Lipinski definition) is 6. The minimum atomic E-state index is -0.375. The zero-order valence-electron chi connectivity index (χ0n) is 23.6. The van der Waals surface area contributed by atoms with E-state index in [0.29, 0.717) is 35.2 Å². The summed E-state index contributed by atoms with van der Waals surface area (Å²) in [4.78, 5) is 12.8. The quantitative estimate of drug-likeness (QED) is 0.0815. The smallest absolute Gasteiger partial charge is 0.338 e. The van der Waals surface area contributed by atoms with Crippen LogP contribution in [0.3, 0.4) is 0 Å². The number of rotatable bonds is 19. The van der Waals surface area contributed by atoms with Crippen molar-refractivity contribution in [2.45, 2.75) is 71.6 Å². The first kappa shape index (κ1) is 31.2. The number of unbranched alkanes of at least 4 members (excludes halogenated alkanes) is 7. The zero-order valence-corrected chi connectivity index (χ0v) is 23.6. The Morgan fingerprint density at radius 3 is 2.03 bits per heavy atom. The Kier molecular flexibility index (Phi) is 15.0. The van der Waals surface area contributed by atoms with Crippen LogP contribution in [0.4, 0.5) is 0 Å². The van der Waals surface area contributed by atoms with E-state index in [4.69, 9.17) is 30.1 Å². The molecule has 6 heteroatoms. The van der Waals surface area contributed by atoms with E-state index in [9.17, 15) is 4.79 Å². The fourth-order valence-corrected chi connectivity index (χ4v) is 4.20. The molecule has 0 aliphatic carbocycles. The Morgan fingerprint density at radius 2 is 1.42 bits per heavy atom. The minimum absolute atomic E-state index is 0.0256. The summed E-state index contributed by atoms with van der Waals surface area (Å²) < 4.78 is 27.4. The van der Waals surface area contributed by atoms with E-state index in [-0.39, 0.29) is 19.6 Å². The van der Waals surface area contributed by atoms with Crippen molar-refractivity contribution < 1.29 is 28.5 Å². The topological polar surface area (TPSA) is 63.2 Å². The van der Waals surface area contributed by atoms with Crippen molar-refractivity contribution >= 4 is 5.97 Å². The Morgan fingerprint density at radius 1 is 0.842 bits per heavy atom. The van der Waals surface area contributed by atoms with Crippen molar-refractivity contribution in [1.82, 2.24) is 0 Å². The Balaban J connectivity index is 2.01. The first-order chi connectivity index (χ1) is 18.5. The van der Waals surface area contributed by atoms with Crippen LogP contribution in [0.15, 0.2) is 36.4 Å². The van der Waals surface area contributed by atoms with Gasteiger partial charge in [-0.2, -0.15) is 0 Å². The highest BCUT2D eigenvalue weighted by molar-refractivity contribution is 5.91. The number of methoxy groups -OCH3 is 2. The molecule has 2 aromatic carbocycles. The fraction of sp³-hybridized carbons (Fsp3) is 0.531. The molecule has 2 aromatic rings. The van der Waals surface area contributed by atoms with Crippen molar-refractivity contribution in [3.63, 3.8) is 0 Å². The maximum atomic E-state index is 12.8. The monoisotopic (exact) mass is 524 g/mol. The zero-order chi connectivity index (χ0) is 27.6. The van der Waals surface area contributed by atoms with E-state index < -0.39 is 0 Å². The Bertz CT molecular complexity index is 1010. The van der Waals surface area contributed by atoms with E-state index in [2.05, 4.69) is 19.8 Å². The lowest BCUT2D eigenvalue weighted by molar-refractivity contribution is 0.0433. The number of terminal acetylenes is 1. The molecule has 6 nitrogen and oxygen atoms in total. The lowest BCUT2D eigenvalue weighted by Gasteiger charge is -2.17. The van der Waals surface area contributed by atoms with Gasteiger partial charge in [-0.15, -0.1) is 6.42 Å². The standard InChI is InChI=1S/C32H44O6/c1-6-8-9-10-11-12-13-14-15-25(3)22-36-32(33)27-17-19-29(31(21-27)38-24-35-5)28-18-16-26(7-2)20-30(28)37-23-34-4/h2,16-21,25H,6,8-15,22-24H2,1,3-5H3/t25-/m0/s1. The van der Waals surface area contributed by atoms with E-state index in [1.807, 2.05) is 18.2 Å². The first-order valence-corrected chi connectivity index (χ1v) is 13.7. The van der Waals surface area contributed by atoms with Crippen molar-refractivity contribution in [3.8, 4) is 35.0 Å². The van der Waals surface area contributed by atoms with Crippen LogP contribution >= 0.6 is 0 Å². The second-order valence-electron chi connectivity index (χ2n) is 9.64. The largest absolute Gasteiger partial charge is 0.467 e. The number of esters is 1. The van der Waals surface area contributed by atoms with Gasteiger partial charge in [0.1, 0.15) is 11.5 Å². The molecule has 0 aliphatic heterocycles. The van der Waals surface area contributed by atoms with Gasteiger partial charge in [0.25, 0.3) is 0 Å². The molecular formula is C32H44O6. The summed E-state index contributed by atoms with van der Waals surface area (Å²) in [6.45, 7) is 4.86. The average Bonchev–Trinajstić information content (AvgIpc) is 2.94. The summed E-state index contributed by atoms with van der Waals surface area (Å²) >= 11 is 0. The predicted octanol–water partition coefficient (Wildman–Crippen LogP) is 7.62. The van der Waals surface area contributed by atoms with E-state index in [1.54, 1.807) is 32.4 Å². The molecule has 0 aromatic heterocycles. The van der Waals surface area contributed by atoms with Crippen molar-refractivity contribution in [3.05, 3.63) is 47.5 Å². The summed E-state index contributed by atoms with van der Waals surface area (Å²) in [5.74, 6) is 3.58. The first-order valence-electron chi connectivity index (χ1n) is 13.7. The van der Waals surface area contributed by atoms with Gasteiger partial charge in [0, 0.05) is 30.9 Å². The number of benzene rings is 2. The van der Waals surface area contributed by atoms with Gasteiger partial charge in [0.15, 0.2) is 13.6 Å². The van der Waals surface area contributed by atoms with Crippen molar-refractivity contribution in [2.75, 3.05) is 34.4 Å². The van der Waals surface area contributed by atoms with Gasteiger partial charge in [0.2, 0.25) is 0 Å². The number of hydrogen-bond donors (Lipinski definition) is 0. The predicted molar refractivity (Wildman–Crippen MR) is 151 cm³/mol. The molecule has 0 heterocycles. The lowest BCUT2D eigenvalue weighted by atomic mass is 10.00. The SMILES string of the molecule is C#Cc1ccc(-c2ccc(C(=O)OC[C@@H](C)CCCCCCCCCC)cc2OCOC)c(OCOC)c1. The van der Waals surface area contributed by atoms with Crippen LogP contribution in [0, 0.1) is 18.3 Å². The number of carbonyl (C=O) groups is 1. The second kappa shape index (κ2) is 18.3. The van der Waals surface area contributed by atoms with E-state index in [0.717, 1.165) is 17.5 Å². The van der Waals surface area contributed by atoms with Crippen LogP contribution in [-0.2, 0) is 14.2 Å². The number of carbonyl (C=O) groups excluding carboxylic acids is 1. The summed E-state index contributed by atoms with van der Waals surface area (Å²) in [5.41, 5.74) is 2.58. The van der Waals surface area contributed by atoms with Crippen LogP contribution < -0.4 is 9.47 Å². The summed E-state index contributed by atoms with van der Waals surface area (Å²) in [6, 6.07) is 10.7. The summed E-state index contributed by atoms with van der Waals surface area (Å²) in [7, 11) is 3.09. The molecule has 0 N–H and O–H groups in total. The molecule has 0 fully saturated rings. The molecule has 0 bridgehead atoms. The third-order valence-electron chi connectivity index (χ3n) is 6.37. The molecule has 1 atom stereocenters. The average molecular weight is 525 g/mol. The third-order valence-corrected chi connectivity index (χ3v) is 6.37. The molecule has 0 amide bonds. The Hall–Kier alpha value is -3.01. The second-order valence-corrected chi connectivity index (χ2v) is 9.64. The van der Waals surface area contributed by atoms with Gasteiger partial charge in [-0.25, -0.2) is 4.79 Å². The highest BCUT2D eigenvalue weighted by Gasteiger charge is 2.17. The molecule has 208 valence electrons. The van der Waals surface area contributed by atoms with Gasteiger partial charge < -0.3 is 23.7 Å². The van der Waals surface area contributed by atoms with Gasteiger partial charge in [0.05, 0.1) is 12.2 Å². The maximum absolute atomic E-state index is 12.8. The molecule has 0 saturated heterocycles. The van der Waals surface area contributed by atoms with Crippen LogP contribution in [0.2, 0.25) is 0 Å². The highest BCUT2D eigenvalue weighted by atomic mass is 16.7. The van der Waals surface area contributed by atoms with Gasteiger partial charge in [-0.3, -0.25) is 0 Å². The molecule has 2 rings (SSSR count). The molecular weight excluding hydrogens is 480 g/mol. The minimum Gasteiger partial charge on any atom is -0.467 e. The van der Waals surface area contributed by atoms with Crippen LogP contribution in [0.1, 0.15) is 87.6 Å². The van der Waals surface area contributed by atoms with Crippen LogP contribution in [0.5, 0.6) is 11.5 Å². The fourth-order valence-electron chi connectivity index (χ4n) is 4.20. The maximum Gasteiger partial charge on any atom is 0.338 e. The van der Waals surface area contributed by atoms with Gasteiger partial charge >= 0.3 is 5.97 Å². The van der Waals surface area contributed by atoms with E-state index >= 15 is 0 Å². The summed E-state index contributed by atoms with van der Waals surface area (Å²) in [5, 5.41) is 0. The number of ether oxygens (including phenoxy) is 5. The third kappa shape index (κ3) is 10.8. The van der Waals surface area contributed by atoms with Crippen LogP contribution in [-0.4, -0.2) is 40.4 Å². The molecule has 0 saturated carbocycles. The molecule has 0 aliphatic rings. The molecule has 38 heavy (non-hydrogen) atoms. The summed E-state index contributed by atoms with van der Waals surface area (Å²) in [6.07, 6.45) is 17.0. The van der Waals surface area contributed by atoms with Crippen LogP contribution in [0.25, 0.3) is 11.1 Å². The van der Waals surface area contributed by atoms with Gasteiger partial charge in [-0.05, 0) is 48.7 Å². The van der Waals surface area contributed by atoms with Crippen molar-refractivity contribution in [2.24, 2.45) is 5.92 Å². The molecule has 0 spiro atoms. The van der Waals surface area contributed by atoms with Gasteiger partial charge in [-0.1, -0.05) is 71.1 Å². The van der Waals surface area contributed by atoms with Crippen molar-refractivity contribution in [1.29, 1.82) is 0 Å². The van der Waals surface area contributed by atoms with E-state index in [1.165, 1.54) is 51.4 Å². The highest BCUT2D eigenvalue weighted by Crippen LogP contribution is 2.38. The Labute approximate surface area is 229 Å². The molecule has 0 unspecified atom stereocenters. The molecule has 0 radical (unpaired) electrons.